The van der Waals surface area contributed by atoms with Crippen molar-refractivity contribution < 1.29 is 14.3 Å². The lowest BCUT2D eigenvalue weighted by Crippen LogP contribution is -2.30. The van der Waals surface area contributed by atoms with Gasteiger partial charge in [-0.2, -0.15) is 0 Å². The third-order valence-electron chi connectivity index (χ3n) is 7.42. The summed E-state index contributed by atoms with van der Waals surface area (Å²) in [4.78, 5) is 12.6. The molecule has 0 spiro atoms. The quantitative estimate of drug-likeness (QED) is 0.225. The number of ether oxygens (including phenoxy) is 2. The molecule has 3 rings (SSSR count). The molecule has 0 unspecified atom stereocenters. The Morgan fingerprint density at radius 3 is 2.00 bits per heavy atom. The molecular formula is C27H42O3. The van der Waals surface area contributed by atoms with Crippen LogP contribution in [0, 0.1) is 23.7 Å². The summed E-state index contributed by atoms with van der Waals surface area (Å²) in [7, 11) is 0. The first-order valence-electron chi connectivity index (χ1n) is 12.6. The molecule has 0 aromatic heterocycles. The van der Waals surface area contributed by atoms with Gasteiger partial charge in [0.25, 0.3) is 0 Å². The molecule has 2 aliphatic rings. The van der Waals surface area contributed by atoms with Gasteiger partial charge in [0.1, 0.15) is 11.5 Å². The van der Waals surface area contributed by atoms with E-state index in [2.05, 4.69) is 13.8 Å². The zero-order chi connectivity index (χ0) is 21.2. The van der Waals surface area contributed by atoms with Crippen molar-refractivity contribution in [3.8, 4) is 11.5 Å². The Morgan fingerprint density at radius 2 is 1.40 bits per heavy atom. The molecule has 168 valence electrons. The molecule has 1 aromatic rings. The Morgan fingerprint density at radius 1 is 0.800 bits per heavy atom. The predicted molar refractivity (Wildman–Crippen MR) is 123 cm³/mol. The van der Waals surface area contributed by atoms with E-state index in [1.54, 1.807) is 0 Å². The number of hydrogen-bond donors (Lipinski definition) is 0. The van der Waals surface area contributed by atoms with Crippen molar-refractivity contribution in [1.29, 1.82) is 0 Å². The lowest BCUT2D eigenvalue weighted by atomic mass is 9.69. The van der Waals surface area contributed by atoms with Crippen molar-refractivity contribution in [2.45, 2.75) is 97.3 Å². The largest absolute Gasteiger partial charge is 0.494 e. The molecule has 2 saturated carbocycles. The van der Waals surface area contributed by atoms with Crippen LogP contribution < -0.4 is 9.47 Å². The van der Waals surface area contributed by atoms with Gasteiger partial charge in [0.15, 0.2) is 0 Å². The monoisotopic (exact) mass is 414 g/mol. The molecule has 2 fully saturated rings. The Balaban J connectivity index is 1.37. The summed E-state index contributed by atoms with van der Waals surface area (Å²) in [6.45, 7) is 5.24. The molecule has 0 amide bonds. The van der Waals surface area contributed by atoms with Crippen LogP contribution in [0.5, 0.6) is 11.5 Å². The van der Waals surface area contributed by atoms with E-state index in [4.69, 9.17) is 9.47 Å². The number of carbonyl (C=O) groups is 1. The highest BCUT2D eigenvalue weighted by Crippen LogP contribution is 2.42. The van der Waals surface area contributed by atoms with Crippen LogP contribution in [-0.2, 0) is 4.79 Å². The molecule has 0 aliphatic heterocycles. The summed E-state index contributed by atoms with van der Waals surface area (Å²) >= 11 is 0. The first-order valence-corrected chi connectivity index (χ1v) is 12.6. The highest BCUT2D eigenvalue weighted by Gasteiger charge is 2.33. The SMILES string of the molecule is CCCCCOc1ccc(OC(=O)C2CCC(C3CCC(CCC)CC3)CC2)cc1. The lowest BCUT2D eigenvalue weighted by molar-refractivity contribution is -0.140. The number of benzene rings is 1. The zero-order valence-corrected chi connectivity index (χ0v) is 19.2. The third kappa shape index (κ3) is 7.03. The number of esters is 1. The topological polar surface area (TPSA) is 35.5 Å². The van der Waals surface area contributed by atoms with Gasteiger partial charge in [0, 0.05) is 0 Å². The number of carbonyl (C=O) groups excluding carboxylic acids is 1. The van der Waals surface area contributed by atoms with E-state index in [0.29, 0.717) is 5.75 Å². The van der Waals surface area contributed by atoms with Gasteiger partial charge >= 0.3 is 5.97 Å². The van der Waals surface area contributed by atoms with Crippen LogP contribution >= 0.6 is 0 Å². The molecule has 0 heterocycles. The number of unbranched alkanes of at least 4 members (excludes halogenated alkanes) is 2. The van der Waals surface area contributed by atoms with Crippen molar-refractivity contribution in [3.63, 3.8) is 0 Å². The molecule has 2 aliphatic carbocycles. The van der Waals surface area contributed by atoms with Gasteiger partial charge in [-0.15, -0.1) is 0 Å². The third-order valence-corrected chi connectivity index (χ3v) is 7.42. The number of rotatable bonds is 10. The van der Waals surface area contributed by atoms with Crippen LogP contribution in [0.4, 0.5) is 0 Å². The van der Waals surface area contributed by atoms with Gasteiger partial charge in [-0.25, -0.2) is 0 Å². The molecule has 0 N–H and O–H groups in total. The van der Waals surface area contributed by atoms with Crippen molar-refractivity contribution in [3.05, 3.63) is 24.3 Å². The fraction of sp³-hybridized carbons (Fsp3) is 0.741. The summed E-state index contributed by atoms with van der Waals surface area (Å²) in [5.41, 5.74) is 0. The minimum absolute atomic E-state index is 0.0447. The maximum atomic E-state index is 12.6. The van der Waals surface area contributed by atoms with Crippen LogP contribution in [0.1, 0.15) is 97.3 Å². The second-order valence-electron chi connectivity index (χ2n) is 9.63. The Bertz CT molecular complexity index is 608. The second kappa shape index (κ2) is 12.4. The molecule has 0 bridgehead atoms. The molecular weight excluding hydrogens is 372 g/mol. The number of hydrogen-bond acceptors (Lipinski definition) is 3. The Hall–Kier alpha value is -1.51. The summed E-state index contributed by atoms with van der Waals surface area (Å²) in [6, 6.07) is 7.52. The van der Waals surface area contributed by atoms with Crippen LogP contribution in [0.2, 0.25) is 0 Å². The lowest BCUT2D eigenvalue weighted by Gasteiger charge is -2.37. The summed E-state index contributed by atoms with van der Waals surface area (Å²) in [5, 5.41) is 0. The fourth-order valence-corrected chi connectivity index (χ4v) is 5.53. The van der Waals surface area contributed by atoms with E-state index < -0.39 is 0 Å². The summed E-state index contributed by atoms with van der Waals surface area (Å²) in [5.74, 6) is 4.23. The smallest absolute Gasteiger partial charge is 0.314 e. The summed E-state index contributed by atoms with van der Waals surface area (Å²) in [6.07, 6.45) is 16.3. The van der Waals surface area contributed by atoms with Crippen LogP contribution in [-0.4, -0.2) is 12.6 Å². The van der Waals surface area contributed by atoms with E-state index >= 15 is 0 Å². The van der Waals surface area contributed by atoms with Crippen molar-refractivity contribution >= 4 is 5.97 Å². The fourth-order valence-electron chi connectivity index (χ4n) is 5.53. The molecule has 3 heteroatoms. The molecule has 30 heavy (non-hydrogen) atoms. The highest BCUT2D eigenvalue weighted by atomic mass is 16.5. The average molecular weight is 415 g/mol. The normalized spacial score (nSPS) is 26.9. The van der Waals surface area contributed by atoms with E-state index in [-0.39, 0.29) is 11.9 Å². The van der Waals surface area contributed by atoms with Crippen LogP contribution in [0.15, 0.2) is 24.3 Å². The highest BCUT2D eigenvalue weighted by molar-refractivity contribution is 5.75. The van der Waals surface area contributed by atoms with Crippen LogP contribution in [0.25, 0.3) is 0 Å². The van der Waals surface area contributed by atoms with E-state index in [1.807, 2.05) is 24.3 Å². The van der Waals surface area contributed by atoms with Gasteiger partial charge < -0.3 is 9.47 Å². The predicted octanol–water partition coefficient (Wildman–Crippen LogP) is 7.57. The van der Waals surface area contributed by atoms with Gasteiger partial charge in [-0.3, -0.25) is 4.79 Å². The molecule has 0 atom stereocenters. The molecule has 0 saturated heterocycles. The van der Waals surface area contributed by atoms with E-state index in [0.717, 1.165) is 49.4 Å². The van der Waals surface area contributed by atoms with Crippen LogP contribution in [0.3, 0.4) is 0 Å². The van der Waals surface area contributed by atoms with Gasteiger partial charge in [0.2, 0.25) is 0 Å². The molecule has 0 radical (unpaired) electrons. The standard InChI is InChI=1S/C27H42O3/c1-3-5-6-20-29-25-16-18-26(19-17-25)30-27(28)24-14-12-23(13-15-24)22-10-8-21(7-4-2)9-11-22/h16-19,21-24H,3-15,20H2,1-2H3. The van der Waals surface area contributed by atoms with E-state index in [9.17, 15) is 4.79 Å². The zero-order valence-electron chi connectivity index (χ0n) is 19.2. The average Bonchev–Trinajstić information content (AvgIpc) is 2.79. The van der Waals surface area contributed by atoms with Crippen molar-refractivity contribution in [1.82, 2.24) is 0 Å². The van der Waals surface area contributed by atoms with Crippen molar-refractivity contribution in [2.75, 3.05) is 6.61 Å². The van der Waals surface area contributed by atoms with Crippen molar-refractivity contribution in [2.24, 2.45) is 23.7 Å². The molecule has 1 aromatic carbocycles. The first kappa shape index (κ1) is 23.2. The minimum Gasteiger partial charge on any atom is -0.494 e. The maximum Gasteiger partial charge on any atom is 0.314 e. The second-order valence-corrected chi connectivity index (χ2v) is 9.63. The Kier molecular flexibility index (Phi) is 9.55. The Labute approximate surface area is 183 Å². The van der Waals surface area contributed by atoms with Gasteiger partial charge in [0.05, 0.1) is 12.5 Å². The van der Waals surface area contributed by atoms with Gasteiger partial charge in [-0.05, 0) is 87.0 Å². The van der Waals surface area contributed by atoms with E-state index in [1.165, 1.54) is 64.2 Å². The minimum atomic E-state index is -0.0447. The summed E-state index contributed by atoms with van der Waals surface area (Å²) < 4.78 is 11.4. The maximum absolute atomic E-state index is 12.6. The van der Waals surface area contributed by atoms with Gasteiger partial charge in [-0.1, -0.05) is 52.4 Å². The first-order chi connectivity index (χ1) is 14.7. The molecule has 3 nitrogen and oxygen atoms in total.